The summed E-state index contributed by atoms with van der Waals surface area (Å²) in [6.07, 6.45) is 1.91. The van der Waals surface area contributed by atoms with Crippen molar-refractivity contribution in [2.45, 2.75) is 18.9 Å². The highest BCUT2D eigenvalue weighted by Gasteiger charge is 2.41. The molecule has 5 heteroatoms. The topological polar surface area (TPSA) is 56.1 Å². The molecular formula is C14H14ClN3O. The fraction of sp³-hybridized carbons (Fsp3) is 0.429. The number of benzene rings is 1. The molecule has 0 radical (unpaired) electrons. The molecule has 1 N–H and O–H groups in total. The summed E-state index contributed by atoms with van der Waals surface area (Å²) in [5.41, 5.74) is 1.46. The number of amides is 1. The number of piperidine rings is 1. The van der Waals surface area contributed by atoms with E-state index in [2.05, 4.69) is 16.3 Å². The highest BCUT2D eigenvalue weighted by Crippen LogP contribution is 2.34. The molecule has 0 bridgehead atoms. The zero-order valence-electron chi connectivity index (χ0n) is 10.4. The Balaban J connectivity index is 1.98. The van der Waals surface area contributed by atoms with E-state index in [9.17, 15) is 10.1 Å². The maximum Gasteiger partial charge on any atom is 0.225 e. The van der Waals surface area contributed by atoms with Gasteiger partial charge in [0.05, 0.1) is 23.2 Å². The van der Waals surface area contributed by atoms with Gasteiger partial charge in [0.25, 0.3) is 0 Å². The van der Waals surface area contributed by atoms with E-state index in [4.69, 9.17) is 11.6 Å². The van der Waals surface area contributed by atoms with Crippen molar-refractivity contribution < 1.29 is 4.79 Å². The minimum Gasteiger partial charge on any atom is -0.365 e. The quantitative estimate of drug-likeness (QED) is 0.852. The Bertz CT molecular complexity index is 566. The van der Waals surface area contributed by atoms with Crippen molar-refractivity contribution in [1.82, 2.24) is 5.32 Å². The van der Waals surface area contributed by atoms with Gasteiger partial charge >= 0.3 is 0 Å². The predicted molar refractivity (Wildman–Crippen MR) is 73.0 cm³/mol. The maximum absolute atomic E-state index is 11.8. The van der Waals surface area contributed by atoms with Gasteiger partial charge in [0.2, 0.25) is 5.91 Å². The van der Waals surface area contributed by atoms with Gasteiger partial charge in [-0.15, -0.1) is 0 Å². The van der Waals surface area contributed by atoms with Crippen molar-refractivity contribution >= 4 is 23.2 Å². The Labute approximate surface area is 117 Å². The average molecular weight is 276 g/mol. The molecule has 3 rings (SSSR count). The molecule has 2 saturated heterocycles. The Morgan fingerprint density at radius 2 is 2.32 bits per heavy atom. The Hall–Kier alpha value is -1.73. The minimum absolute atomic E-state index is 0.0518. The second kappa shape index (κ2) is 4.75. The van der Waals surface area contributed by atoms with Crippen molar-refractivity contribution in [3.05, 3.63) is 28.8 Å². The van der Waals surface area contributed by atoms with Gasteiger partial charge in [-0.1, -0.05) is 11.6 Å². The Kier molecular flexibility index (Phi) is 3.08. The number of rotatable bonds is 1. The molecule has 2 aliphatic rings. The van der Waals surface area contributed by atoms with Gasteiger partial charge in [0.1, 0.15) is 6.07 Å². The summed E-state index contributed by atoms with van der Waals surface area (Å²) in [6, 6.07) is 7.72. The smallest absolute Gasteiger partial charge is 0.225 e. The number of hydrogen-bond donors (Lipinski definition) is 1. The number of nitrogens with zero attached hydrogens (tertiary/aromatic N) is 2. The number of nitriles is 1. The van der Waals surface area contributed by atoms with Crippen LogP contribution in [0.2, 0.25) is 5.02 Å². The minimum atomic E-state index is 0.0518. The molecule has 2 fully saturated rings. The lowest BCUT2D eigenvalue weighted by Gasteiger charge is -2.38. The number of anilines is 1. The van der Waals surface area contributed by atoms with Crippen molar-refractivity contribution in [1.29, 1.82) is 5.26 Å². The van der Waals surface area contributed by atoms with Gasteiger partial charge in [0.15, 0.2) is 0 Å². The van der Waals surface area contributed by atoms with Crippen LogP contribution in [0.5, 0.6) is 0 Å². The van der Waals surface area contributed by atoms with E-state index in [1.807, 2.05) is 6.07 Å². The van der Waals surface area contributed by atoms with Crippen LogP contribution in [0.25, 0.3) is 0 Å². The first kappa shape index (κ1) is 12.3. The summed E-state index contributed by atoms with van der Waals surface area (Å²) in [6.45, 7) is 1.55. The molecule has 0 spiro atoms. The lowest BCUT2D eigenvalue weighted by Crippen LogP contribution is -2.46. The summed E-state index contributed by atoms with van der Waals surface area (Å²) in [5.74, 6) is 0.193. The van der Waals surface area contributed by atoms with Crippen LogP contribution in [0, 0.1) is 17.2 Å². The molecule has 98 valence electrons. The zero-order chi connectivity index (χ0) is 13.4. The molecule has 2 aliphatic heterocycles. The molecule has 2 unspecified atom stereocenters. The van der Waals surface area contributed by atoms with Crippen LogP contribution in [-0.2, 0) is 4.79 Å². The summed E-state index contributed by atoms with van der Waals surface area (Å²) in [7, 11) is 0. The van der Waals surface area contributed by atoms with E-state index in [1.54, 1.807) is 12.1 Å². The molecule has 1 aromatic carbocycles. The molecule has 0 saturated carbocycles. The average Bonchev–Trinajstić information content (AvgIpc) is 2.81. The summed E-state index contributed by atoms with van der Waals surface area (Å²) in [5, 5.41) is 12.7. The van der Waals surface area contributed by atoms with E-state index in [0.717, 1.165) is 25.1 Å². The van der Waals surface area contributed by atoms with Crippen molar-refractivity contribution in [2.75, 3.05) is 18.0 Å². The highest BCUT2D eigenvalue weighted by molar-refractivity contribution is 6.30. The number of carbonyl (C=O) groups is 1. The summed E-state index contributed by atoms with van der Waals surface area (Å²) >= 11 is 5.93. The van der Waals surface area contributed by atoms with Gasteiger partial charge in [-0.2, -0.15) is 5.26 Å². The molecule has 0 aliphatic carbocycles. The third kappa shape index (κ3) is 2.04. The zero-order valence-corrected chi connectivity index (χ0v) is 11.2. The maximum atomic E-state index is 11.8. The largest absolute Gasteiger partial charge is 0.365 e. The number of halogens is 1. The van der Waals surface area contributed by atoms with E-state index >= 15 is 0 Å². The van der Waals surface area contributed by atoms with E-state index < -0.39 is 0 Å². The van der Waals surface area contributed by atoms with Crippen LogP contribution in [-0.4, -0.2) is 25.0 Å². The molecular weight excluding hydrogens is 262 g/mol. The molecule has 19 heavy (non-hydrogen) atoms. The Morgan fingerprint density at radius 3 is 3.11 bits per heavy atom. The first-order valence-electron chi connectivity index (χ1n) is 6.44. The van der Waals surface area contributed by atoms with E-state index in [0.29, 0.717) is 17.1 Å². The van der Waals surface area contributed by atoms with Crippen LogP contribution < -0.4 is 10.2 Å². The van der Waals surface area contributed by atoms with Crippen molar-refractivity contribution in [3.8, 4) is 6.07 Å². The van der Waals surface area contributed by atoms with E-state index in [1.165, 1.54) is 0 Å². The monoisotopic (exact) mass is 275 g/mol. The lowest BCUT2D eigenvalue weighted by atomic mass is 9.90. The van der Waals surface area contributed by atoms with Crippen molar-refractivity contribution in [2.24, 2.45) is 5.92 Å². The SMILES string of the molecule is N#Cc1cc(Cl)ccc1N1CCCC2C(=O)NCC21. The van der Waals surface area contributed by atoms with Gasteiger partial charge < -0.3 is 10.2 Å². The van der Waals surface area contributed by atoms with Crippen molar-refractivity contribution in [3.63, 3.8) is 0 Å². The van der Waals surface area contributed by atoms with Gasteiger partial charge in [-0.05, 0) is 31.0 Å². The first-order chi connectivity index (χ1) is 9.20. The molecule has 0 aromatic heterocycles. The van der Waals surface area contributed by atoms with Crippen LogP contribution in [0.3, 0.4) is 0 Å². The lowest BCUT2D eigenvalue weighted by molar-refractivity contribution is -0.122. The standard InChI is InChI=1S/C14H14ClN3O/c15-10-3-4-12(9(6-10)7-16)18-5-1-2-11-13(18)8-17-14(11)19/h3-4,6,11,13H,1-2,5,8H2,(H,17,19). The highest BCUT2D eigenvalue weighted by atomic mass is 35.5. The second-order valence-corrected chi connectivity index (χ2v) is 5.46. The van der Waals surface area contributed by atoms with Crippen LogP contribution in [0.4, 0.5) is 5.69 Å². The Morgan fingerprint density at radius 1 is 1.47 bits per heavy atom. The number of fused-ring (bicyclic) bond motifs is 1. The number of nitrogens with one attached hydrogen (secondary N) is 1. The van der Waals surface area contributed by atoms with E-state index in [-0.39, 0.29) is 17.9 Å². The number of hydrogen-bond acceptors (Lipinski definition) is 3. The molecule has 1 amide bonds. The van der Waals surface area contributed by atoms with Crippen LogP contribution in [0.1, 0.15) is 18.4 Å². The van der Waals surface area contributed by atoms with Gasteiger partial charge in [-0.3, -0.25) is 4.79 Å². The second-order valence-electron chi connectivity index (χ2n) is 5.03. The fourth-order valence-electron chi connectivity index (χ4n) is 3.10. The summed E-state index contributed by atoms with van der Waals surface area (Å²) < 4.78 is 0. The number of carbonyl (C=O) groups excluding carboxylic acids is 1. The predicted octanol–water partition coefficient (Wildman–Crippen LogP) is 1.93. The fourth-order valence-corrected chi connectivity index (χ4v) is 3.27. The third-order valence-electron chi connectivity index (χ3n) is 3.99. The molecule has 4 nitrogen and oxygen atoms in total. The van der Waals surface area contributed by atoms with Gasteiger partial charge in [-0.25, -0.2) is 0 Å². The molecule has 2 heterocycles. The molecule has 2 atom stereocenters. The third-order valence-corrected chi connectivity index (χ3v) is 4.22. The van der Waals surface area contributed by atoms with Gasteiger partial charge in [0, 0.05) is 18.1 Å². The summed E-state index contributed by atoms with van der Waals surface area (Å²) in [4.78, 5) is 14.0. The normalized spacial score (nSPS) is 25.7. The molecule has 1 aromatic rings. The first-order valence-corrected chi connectivity index (χ1v) is 6.82. The van der Waals surface area contributed by atoms with Crippen LogP contribution in [0.15, 0.2) is 18.2 Å². The van der Waals surface area contributed by atoms with Crippen LogP contribution >= 0.6 is 11.6 Å².